The van der Waals surface area contributed by atoms with Crippen molar-refractivity contribution in [3.8, 4) is 0 Å². The van der Waals surface area contributed by atoms with Crippen LogP contribution >= 0.6 is 32.5 Å². The SMILES string of the molecule is OC([C@H](O)COBr)[C@@H](O)COBr. The Morgan fingerprint density at radius 1 is 0.917 bits per heavy atom. The summed E-state index contributed by atoms with van der Waals surface area (Å²) in [6.45, 7) is -0.221. The molecule has 3 N–H and O–H groups in total. The minimum atomic E-state index is -1.29. The van der Waals surface area contributed by atoms with Gasteiger partial charge in [0.15, 0.2) is 0 Å². The zero-order chi connectivity index (χ0) is 9.56. The zero-order valence-electron chi connectivity index (χ0n) is 6.06. The molecular weight excluding hydrogens is 300 g/mol. The predicted molar refractivity (Wildman–Crippen MR) is 47.8 cm³/mol. The Morgan fingerprint density at radius 2 is 1.25 bits per heavy atom. The van der Waals surface area contributed by atoms with E-state index in [-0.39, 0.29) is 13.2 Å². The van der Waals surface area contributed by atoms with Gasteiger partial charge in [0.2, 0.25) is 0 Å². The van der Waals surface area contributed by atoms with Crippen LogP contribution in [0.3, 0.4) is 0 Å². The Labute approximate surface area is 87.2 Å². The first-order valence-corrected chi connectivity index (χ1v) is 4.44. The standard InChI is InChI=1S/C5H10Br2O5/c6-11-1-3(8)5(10)4(9)2-12-7/h3-5,8-10H,1-2H2/t3-,4+,5?. The Morgan fingerprint density at radius 3 is 1.50 bits per heavy atom. The molecule has 0 saturated heterocycles. The second-order valence-corrected chi connectivity index (χ2v) is 3.09. The van der Waals surface area contributed by atoms with E-state index in [1.165, 1.54) is 0 Å². The van der Waals surface area contributed by atoms with Crippen LogP contribution in [-0.4, -0.2) is 46.8 Å². The molecule has 0 aromatic carbocycles. The maximum absolute atomic E-state index is 9.15. The molecule has 0 bridgehead atoms. The van der Waals surface area contributed by atoms with E-state index in [2.05, 4.69) is 40.2 Å². The van der Waals surface area contributed by atoms with Crippen LogP contribution in [0, 0.1) is 0 Å². The maximum Gasteiger partial charge on any atom is 0.110 e. The molecular formula is C5H10Br2O5. The number of hydrogen-bond acceptors (Lipinski definition) is 5. The van der Waals surface area contributed by atoms with Gasteiger partial charge in [0.25, 0.3) is 0 Å². The fourth-order valence-electron chi connectivity index (χ4n) is 0.583. The van der Waals surface area contributed by atoms with Crippen LogP contribution in [0.4, 0.5) is 0 Å². The van der Waals surface area contributed by atoms with Gasteiger partial charge in [-0.25, -0.2) is 0 Å². The second-order valence-electron chi connectivity index (χ2n) is 2.18. The van der Waals surface area contributed by atoms with Crippen molar-refractivity contribution in [2.45, 2.75) is 18.3 Å². The summed E-state index contributed by atoms with van der Waals surface area (Å²) in [6, 6.07) is 0. The minimum absolute atomic E-state index is 0.111. The molecule has 0 amide bonds. The Kier molecular flexibility index (Phi) is 7.65. The van der Waals surface area contributed by atoms with Crippen molar-refractivity contribution in [1.82, 2.24) is 0 Å². The first kappa shape index (κ1) is 12.8. The molecule has 12 heavy (non-hydrogen) atoms. The summed E-state index contributed by atoms with van der Waals surface area (Å²) in [7, 11) is 0. The van der Waals surface area contributed by atoms with Gasteiger partial charge in [0, 0.05) is 0 Å². The van der Waals surface area contributed by atoms with Crippen molar-refractivity contribution < 1.29 is 23.0 Å². The highest BCUT2D eigenvalue weighted by Crippen LogP contribution is 2.04. The summed E-state index contributed by atoms with van der Waals surface area (Å²) < 4.78 is 8.78. The third kappa shape index (κ3) is 4.70. The van der Waals surface area contributed by atoms with Crippen LogP contribution in [0.2, 0.25) is 0 Å². The highest BCUT2D eigenvalue weighted by molar-refractivity contribution is 9.06. The van der Waals surface area contributed by atoms with Gasteiger partial charge < -0.3 is 23.0 Å². The first-order valence-electron chi connectivity index (χ1n) is 3.14. The van der Waals surface area contributed by atoms with Crippen molar-refractivity contribution in [2.24, 2.45) is 0 Å². The van der Waals surface area contributed by atoms with E-state index in [0.717, 1.165) is 0 Å². The lowest BCUT2D eigenvalue weighted by Crippen LogP contribution is -2.41. The largest absolute Gasteiger partial charge is 0.388 e. The van der Waals surface area contributed by atoms with Crippen LogP contribution in [0.25, 0.3) is 0 Å². The number of aliphatic hydroxyl groups excluding tert-OH is 3. The molecule has 74 valence electrons. The number of aliphatic hydroxyl groups is 3. The van der Waals surface area contributed by atoms with Crippen molar-refractivity contribution in [2.75, 3.05) is 13.2 Å². The molecule has 1 unspecified atom stereocenters. The second kappa shape index (κ2) is 7.19. The molecule has 0 spiro atoms. The van der Waals surface area contributed by atoms with Gasteiger partial charge in [-0.1, -0.05) is 0 Å². The van der Waals surface area contributed by atoms with Crippen LogP contribution in [0.5, 0.6) is 0 Å². The van der Waals surface area contributed by atoms with E-state index >= 15 is 0 Å². The van der Waals surface area contributed by atoms with E-state index in [0.29, 0.717) is 0 Å². The van der Waals surface area contributed by atoms with Crippen molar-refractivity contribution in [1.29, 1.82) is 0 Å². The average molecular weight is 310 g/mol. The molecule has 0 aromatic heterocycles. The first-order chi connectivity index (χ1) is 5.63. The lowest BCUT2D eigenvalue weighted by atomic mass is 10.1. The van der Waals surface area contributed by atoms with Crippen LogP contribution in [0.15, 0.2) is 0 Å². The number of hydrogen-bond donors (Lipinski definition) is 3. The van der Waals surface area contributed by atoms with Crippen LogP contribution in [0.1, 0.15) is 0 Å². The third-order valence-electron chi connectivity index (χ3n) is 1.26. The molecule has 0 rings (SSSR count). The zero-order valence-corrected chi connectivity index (χ0v) is 9.23. The highest BCUT2D eigenvalue weighted by Gasteiger charge is 2.24. The van der Waals surface area contributed by atoms with Gasteiger partial charge in [-0.05, 0) is 0 Å². The molecule has 0 fully saturated rings. The summed E-state index contributed by atoms with van der Waals surface area (Å²) in [6.07, 6.45) is -3.59. The molecule has 0 aliphatic carbocycles. The summed E-state index contributed by atoms with van der Waals surface area (Å²) in [5.41, 5.74) is 0. The molecule has 5 nitrogen and oxygen atoms in total. The van der Waals surface area contributed by atoms with Gasteiger partial charge in [0.05, 0.1) is 45.7 Å². The molecule has 0 heterocycles. The van der Waals surface area contributed by atoms with Crippen LogP contribution in [-0.2, 0) is 7.66 Å². The molecule has 3 atom stereocenters. The molecule has 7 heteroatoms. The van der Waals surface area contributed by atoms with Gasteiger partial charge in [-0.2, -0.15) is 0 Å². The summed E-state index contributed by atoms with van der Waals surface area (Å²) in [5, 5.41) is 27.3. The Balaban J connectivity index is 3.73. The van der Waals surface area contributed by atoms with Gasteiger partial charge in [-0.3, -0.25) is 0 Å². The number of rotatable bonds is 6. The minimum Gasteiger partial charge on any atom is -0.388 e. The van der Waals surface area contributed by atoms with Gasteiger partial charge in [-0.15, -0.1) is 0 Å². The van der Waals surface area contributed by atoms with Gasteiger partial charge in [0.1, 0.15) is 18.3 Å². The Hall–Kier alpha value is 0.760. The van der Waals surface area contributed by atoms with E-state index < -0.39 is 18.3 Å². The predicted octanol–water partition coefficient (Wildman–Crippen LogP) is -0.278. The fourth-order valence-corrected chi connectivity index (χ4v) is 1.12. The third-order valence-corrected chi connectivity index (χ3v) is 1.78. The van der Waals surface area contributed by atoms with E-state index in [4.69, 9.17) is 15.3 Å². The molecule has 0 aliphatic rings. The quantitative estimate of drug-likeness (QED) is 0.629. The molecule has 0 radical (unpaired) electrons. The normalized spacial score (nSPS) is 18.8. The van der Waals surface area contributed by atoms with Crippen molar-refractivity contribution >= 4 is 32.5 Å². The lowest BCUT2D eigenvalue weighted by Gasteiger charge is -2.20. The lowest BCUT2D eigenvalue weighted by molar-refractivity contribution is -0.0791. The van der Waals surface area contributed by atoms with Gasteiger partial charge >= 0.3 is 0 Å². The van der Waals surface area contributed by atoms with E-state index in [1.807, 2.05) is 0 Å². The Bertz CT molecular complexity index is 102. The number of halogens is 2. The topological polar surface area (TPSA) is 79.2 Å². The van der Waals surface area contributed by atoms with Crippen LogP contribution < -0.4 is 0 Å². The average Bonchev–Trinajstić information content (AvgIpc) is 2.04. The molecule has 0 aromatic rings. The smallest absolute Gasteiger partial charge is 0.110 e. The van der Waals surface area contributed by atoms with Crippen molar-refractivity contribution in [3.63, 3.8) is 0 Å². The fraction of sp³-hybridized carbons (Fsp3) is 1.00. The van der Waals surface area contributed by atoms with Crippen molar-refractivity contribution in [3.05, 3.63) is 0 Å². The molecule has 0 aliphatic heterocycles. The highest BCUT2D eigenvalue weighted by atomic mass is 79.9. The van der Waals surface area contributed by atoms with E-state index in [9.17, 15) is 0 Å². The summed E-state index contributed by atoms with van der Waals surface area (Å²) >= 11 is 5.23. The molecule has 0 saturated carbocycles. The maximum atomic E-state index is 9.15. The monoisotopic (exact) mass is 308 g/mol. The van der Waals surface area contributed by atoms with E-state index in [1.54, 1.807) is 0 Å². The summed E-state index contributed by atoms with van der Waals surface area (Å²) in [5.74, 6) is 0. The summed E-state index contributed by atoms with van der Waals surface area (Å²) in [4.78, 5) is 0.